The number of nitrogens with one attached hydrogen (secondary N) is 6. The van der Waals surface area contributed by atoms with Crippen LogP contribution >= 0.6 is 34.0 Å². The molecule has 0 radical (unpaired) electrons. The molecule has 3 amide bonds. The second-order valence-electron chi connectivity index (χ2n) is 19.7. The number of aryl methyl sites for hydroxylation is 2. The molecular formula is C60H53F3N12O9S6. The van der Waals surface area contributed by atoms with Gasteiger partial charge in [-0.15, -0.1) is 34.0 Å². The number of hydrogen-bond donors (Lipinski definition) is 6. The Morgan fingerprint density at radius 1 is 0.478 bits per heavy atom. The molecule has 90 heavy (non-hydrogen) atoms. The Bertz CT molecular complexity index is 4660. The maximum atomic E-state index is 13.8. The SMILES string of the molecule is O=C(CCN1CCc2cc(F)ccc21)Nc1ccc(S(=O)(=O)Nc2nccs2)cc1.O=C(CCn1ccc2c(F)cccc21)Nc1ccc(S(=O)(=O)Nc2nccs2)cc1.O=C(CCn1ccc2cc(F)ccc21)Nc1ccc(S(=O)(=O)Nc2nccs2)cc1. The van der Waals surface area contributed by atoms with Crippen molar-refractivity contribution in [2.45, 2.75) is 53.5 Å². The number of thiazole rings is 3. The Balaban J connectivity index is 0.000000148. The van der Waals surface area contributed by atoms with Crippen LogP contribution in [0, 0.1) is 17.5 Å². The maximum absolute atomic E-state index is 13.8. The summed E-state index contributed by atoms with van der Waals surface area (Å²) in [6.45, 7) is 2.10. The van der Waals surface area contributed by atoms with Gasteiger partial charge in [0.05, 0.1) is 20.2 Å². The molecular weight excluding hydrogens is 1280 g/mol. The fourth-order valence-corrected chi connectivity index (χ4v) is 14.6. The van der Waals surface area contributed by atoms with E-state index < -0.39 is 30.1 Å². The van der Waals surface area contributed by atoms with Gasteiger partial charge in [0.15, 0.2) is 15.4 Å². The molecule has 30 heteroatoms. The number of halogens is 3. The molecule has 11 aromatic rings. The van der Waals surface area contributed by atoms with Crippen LogP contribution in [0.4, 0.5) is 51.3 Å². The molecule has 6 heterocycles. The number of amides is 3. The van der Waals surface area contributed by atoms with Crippen LogP contribution < -0.4 is 35.0 Å². The zero-order chi connectivity index (χ0) is 63.4. The highest BCUT2D eigenvalue weighted by molar-refractivity contribution is 7.93. The second-order valence-corrected chi connectivity index (χ2v) is 27.4. The van der Waals surface area contributed by atoms with E-state index in [1.807, 2.05) is 15.3 Å². The second kappa shape index (κ2) is 28.4. The Morgan fingerprint density at radius 2 is 0.911 bits per heavy atom. The average molecular weight is 1340 g/mol. The summed E-state index contributed by atoms with van der Waals surface area (Å²) in [6, 6.07) is 35.2. The minimum Gasteiger partial charge on any atom is -0.370 e. The van der Waals surface area contributed by atoms with Crippen LogP contribution in [0.5, 0.6) is 0 Å². The maximum Gasteiger partial charge on any atom is 0.263 e. The molecule has 0 saturated heterocycles. The van der Waals surface area contributed by atoms with Gasteiger partial charge >= 0.3 is 0 Å². The molecule has 5 aromatic heterocycles. The molecule has 12 rings (SSSR count). The van der Waals surface area contributed by atoms with Crippen molar-refractivity contribution >= 4 is 142 Å². The van der Waals surface area contributed by atoms with E-state index in [-0.39, 0.29) is 79.4 Å². The topological polar surface area (TPSA) is 278 Å². The van der Waals surface area contributed by atoms with Crippen LogP contribution in [0.2, 0.25) is 0 Å². The minimum absolute atomic E-state index is 0.0662. The van der Waals surface area contributed by atoms with E-state index >= 15 is 0 Å². The summed E-state index contributed by atoms with van der Waals surface area (Å²) < 4.78 is 125. The summed E-state index contributed by atoms with van der Waals surface area (Å²) in [5, 5.41) is 15.4. The Hall–Kier alpha value is -9.46. The molecule has 0 unspecified atom stereocenters. The van der Waals surface area contributed by atoms with Crippen molar-refractivity contribution in [2.75, 3.05) is 48.1 Å². The summed E-state index contributed by atoms with van der Waals surface area (Å²) in [5.41, 5.74) is 4.99. The summed E-state index contributed by atoms with van der Waals surface area (Å²) in [5.74, 6) is -1.47. The number of carbonyl (C=O) groups excluding carboxylic acids is 3. The first kappa shape index (κ1) is 63.6. The van der Waals surface area contributed by atoms with Crippen LogP contribution in [-0.2, 0) is 64.0 Å². The molecule has 1 aliphatic rings. The Kier molecular flexibility index (Phi) is 20.0. The van der Waals surface area contributed by atoms with E-state index in [2.05, 4.69) is 50.0 Å². The number of aromatic nitrogens is 5. The molecule has 1 aliphatic heterocycles. The van der Waals surface area contributed by atoms with Crippen LogP contribution in [0.25, 0.3) is 21.8 Å². The molecule has 0 spiro atoms. The summed E-state index contributed by atoms with van der Waals surface area (Å²) in [6.07, 6.45) is 9.52. The van der Waals surface area contributed by atoms with Gasteiger partial charge in [0.1, 0.15) is 17.5 Å². The first-order chi connectivity index (χ1) is 43.2. The van der Waals surface area contributed by atoms with Crippen molar-refractivity contribution in [1.29, 1.82) is 0 Å². The monoisotopic (exact) mass is 1330 g/mol. The van der Waals surface area contributed by atoms with Crippen molar-refractivity contribution in [1.82, 2.24) is 24.1 Å². The molecule has 0 aliphatic carbocycles. The largest absolute Gasteiger partial charge is 0.370 e. The van der Waals surface area contributed by atoms with Gasteiger partial charge in [-0.1, -0.05) is 6.07 Å². The lowest BCUT2D eigenvalue weighted by molar-refractivity contribution is -0.117. The van der Waals surface area contributed by atoms with E-state index in [1.54, 1.807) is 70.9 Å². The van der Waals surface area contributed by atoms with Crippen molar-refractivity contribution in [3.8, 4) is 0 Å². The molecule has 464 valence electrons. The molecule has 6 N–H and O–H groups in total. The highest BCUT2D eigenvalue weighted by Crippen LogP contribution is 2.30. The van der Waals surface area contributed by atoms with Gasteiger partial charge in [0.2, 0.25) is 17.7 Å². The average Bonchev–Trinajstić information content (AvgIpc) is 1.97. The normalized spacial score (nSPS) is 12.1. The predicted octanol–water partition coefficient (Wildman–Crippen LogP) is 11.6. The molecule has 0 atom stereocenters. The number of benzene rings is 6. The van der Waals surface area contributed by atoms with Gasteiger partial charge in [-0.3, -0.25) is 28.5 Å². The number of hydrogen-bond acceptors (Lipinski definition) is 16. The zero-order valence-corrected chi connectivity index (χ0v) is 51.9. The van der Waals surface area contributed by atoms with Gasteiger partial charge in [-0.25, -0.2) is 53.4 Å². The van der Waals surface area contributed by atoms with Crippen LogP contribution in [0.3, 0.4) is 0 Å². The number of carbonyl (C=O) groups is 3. The number of rotatable bonds is 21. The lowest BCUT2D eigenvalue weighted by Crippen LogP contribution is -2.26. The molecule has 6 aromatic carbocycles. The van der Waals surface area contributed by atoms with Crippen molar-refractivity contribution in [3.05, 3.63) is 210 Å². The number of sulfonamides is 3. The van der Waals surface area contributed by atoms with Crippen LogP contribution in [-0.4, -0.2) is 80.2 Å². The third kappa shape index (κ3) is 16.6. The summed E-state index contributed by atoms with van der Waals surface area (Å²) in [7, 11) is -11.2. The van der Waals surface area contributed by atoms with Gasteiger partial charge in [0, 0.05) is 132 Å². The van der Waals surface area contributed by atoms with Gasteiger partial charge < -0.3 is 30.0 Å². The molecule has 0 fully saturated rings. The summed E-state index contributed by atoms with van der Waals surface area (Å²) >= 11 is 3.55. The van der Waals surface area contributed by atoms with Crippen molar-refractivity contribution in [2.24, 2.45) is 0 Å². The highest BCUT2D eigenvalue weighted by Gasteiger charge is 2.22. The molecule has 21 nitrogen and oxygen atoms in total. The Morgan fingerprint density at radius 3 is 1.38 bits per heavy atom. The van der Waals surface area contributed by atoms with E-state index in [4.69, 9.17) is 0 Å². The summed E-state index contributed by atoms with van der Waals surface area (Å²) in [4.78, 5) is 50.8. The smallest absolute Gasteiger partial charge is 0.263 e. The quantitative estimate of drug-likeness (QED) is 0.0391. The van der Waals surface area contributed by atoms with Crippen LogP contribution in [0.1, 0.15) is 24.8 Å². The van der Waals surface area contributed by atoms with Crippen molar-refractivity contribution in [3.63, 3.8) is 0 Å². The molecule has 0 bridgehead atoms. The third-order valence-electron chi connectivity index (χ3n) is 13.6. The number of anilines is 7. The van der Waals surface area contributed by atoms with E-state index in [1.165, 1.54) is 144 Å². The number of fused-ring (bicyclic) bond motifs is 3. The van der Waals surface area contributed by atoms with Crippen LogP contribution in [0.15, 0.2) is 201 Å². The zero-order valence-electron chi connectivity index (χ0n) is 47.0. The fraction of sp³-hybridized carbons (Fsp3) is 0.133. The lowest BCUT2D eigenvalue weighted by Gasteiger charge is -2.19. The number of nitrogens with zero attached hydrogens (tertiary/aromatic N) is 6. The predicted molar refractivity (Wildman–Crippen MR) is 344 cm³/mol. The minimum atomic E-state index is -3.74. The van der Waals surface area contributed by atoms with E-state index in [0.717, 1.165) is 40.6 Å². The van der Waals surface area contributed by atoms with E-state index in [0.29, 0.717) is 47.2 Å². The third-order valence-corrected chi connectivity index (χ3v) is 20.1. The highest BCUT2D eigenvalue weighted by atomic mass is 32.2. The Labute approximate surface area is 526 Å². The van der Waals surface area contributed by atoms with Crippen molar-refractivity contribution < 1.29 is 52.8 Å². The van der Waals surface area contributed by atoms with E-state index in [9.17, 15) is 52.8 Å². The standard InChI is InChI=1S/C20H19FN4O3S2.2C20H17FN4O3S2/c2*21-15-1-6-18-14(13-15)7-10-25(18)11-8-19(26)23-16-2-4-17(5-3-16)30(27,28)24-20-22-9-12-29-20;21-17-2-1-3-18-16(17)8-11-25(18)12-9-19(26)23-14-4-6-15(7-5-14)30(27,28)24-20-22-10-13-29-20/h1-6,9,12-13H,7-8,10-11H2,(H,22,24)(H,23,26);1-7,9-10,12-13H,8,11H2,(H,22,24)(H,23,26);1-8,10-11,13H,9,12H2,(H,22,24)(H,23,26). The first-order valence-corrected chi connectivity index (χ1v) is 34.3. The lowest BCUT2D eigenvalue weighted by atomic mass is 10.1. The van der Waals surface area contributed by atoms with Gasteiger partial charge in [-0.05, 0) is 145 Å². The molecule has 0 saturated carbocycles. The fourth-order valence-electron chi connectivity index (χ4n) is 9.26. The van der Waals surface area contributed by atoms with Gasteiger partial charge in [0.25, 0.3) is 30.1 Å². The first-order valence-electron chi connectivity index (χ1n) is 27.2. The van der Waals surface area contributed by atoms with Gasteiger partial charge in [-0.2, -0.15) is 0 Å².